The number of ether oxygens (including phenoxy) is 1. The molecule has 0 aliphatic carbocycles. The zero-order chi connectivity index (χ0) is 18.1. The van der Waals surface area contributed by atoms with E-state index >= 15 is 0 Å². The van der Waals surface area contributed by atoms with Crippen LogP contribution in [0.15, 0.2) is 11.2 Å². The van der Waals surface area contributed by atoms with Gasteiger partial charge in [0.15, 0.2) is 5.96 Å². The number of aryl methyl sites for hydroxylation is 1. The predicted octanol–water partition coefficient (Wildman–Crippen LogP) is 2.26. The van der Waals surface area contributed by atoms with E-state index in [0.29, 0.717) is 12.1 Å². The third kappa shape index (κ3) is 7.30. The lowest BCUT2D eigenvalue weighted by molar-refractivity contribution is 0.0532. The van der Waals surface area contributed by atoms with Crippen molar-refractivity contribution in [2.45, 2.75) is 58.7 Å². The Bertz CT molecular complexity index is 523. The van der Waals surface area contributed by atoms with Gasteiger partial charge in [0.1, 0.15) is 5.01 Å². The maximum atomic E-state index is 5.65. The van der Waals surface area contributed by atoms with E-state index in [2.05, 4.69) is 46.3 Å². The Morgan fingerprint density at radius 3 is 2.80 bits per heavy atom. The average Bonchev–Trinajstić information content (AvgIpc) is 3.07. The summed E-state index contributed by atoms with van der Waals surface area (Å²) < 4.78 is 5.65. The Morgan fingerprint density at radius 1 is 1.44 bits per heavy atom. The molecular weight excluding hydrogens is 334 g/mol. The Kier molecular flexibility index (Phi) is 8.64. The van der Waals surface area contributed by atoms with Crippen LogP contribution < -0.4 is 10.6 Å². The Hall–Kier alpha value is -1.18. The van der Waals surface area contributed by atoms with Gasteiger partial charge in [0.2, 0.25) is 0 Å². The number of aromatic nitrogens is 1. The van der Waals surface area contributed by atoms with Crippen molar-refractivity contribution in [2.75, 3.05) is 33.3 Å². The summed E-state index contributed by atoms with van der Waals surface area (Å²) in [6, 6.07) is 0.482. The number of nitrogens with one attached hydrogen (secondary N) is 2. The molecule has 2 rings (SSSR count). The lowest BCUT2D eigenvalue weighted by Crippen LogP contribution is -2.49. The molecule has 0 unspecified atom stereocenters. The minimum atomic E-state index is 0.319. The number of aliphatic imine (C=N–C) groups is 1. The normalized spacial score (nSPS) is 17.2. The van der Waals surface area contributed by atoms with Crippen LogP contribution in [0.5, 0.6) is 0 Å². The number of likely N-dealkylation sites (tertiary alicyclic amines) is 1. The molecule has 1 saturated heterocycles. The fourth-order valence-electron chi connectivity index (χ4n) is 2.86. The zero-order valence-electron chi connectivity index (χ0n) is 16.0. The SMILES string of the molecule is CCc1cnc(CNC(=NC)NC2CCN(CCOC(C)C)CC2)s1. The molecule has 1 aliphatic rings. The van der Waals surface area contributed by atoms with E-state index < -0.39 is 0 Å². The highest BCUT2D eigenvalue weighted by atomic mass is 32.1. The second kappa shape index (κ2) is 10.7. The number of nitrogens with zero attached hydrogens (tertiary/aromatic N) is 3. The van der Waals surface area contributed by atoms with E-state index in [1.54, 1.807) is 11.3 Å². The highest BCUT2D eigenvalue weighted by Gasteiger charge is 2.19. The summed E-state index contributed by atoms with van der Waals surface area (Å²) in [5, 5.41) is 8.04. The molecule has 7 heteroatoms. The maximum absolute atomic E-state index is 5.65. The topological polar surface area (TPSA) is 61.8 Å². The molecule has 0 amide bonds. The second-order valence-electron chi connectivity index (χ2n) is 6.68. The van der Waals surface area contributed by atoms with Crippen molar-refractivity contribution in [1.82, 2.24) is 20.5 Å². The first-order valence-corrected chi connectivity index (χ1v) is 10.2. The van der Waals surface area contributed by atoms with Crippen molar-refractivity contribution < 1.29 is 4.74 Å². The van der Waals surface area contributed by atoms with E-state index in [9.17, 15) is 0 Å². The van der Waals surface area contributed by atoms with E-state index in [1.165, 1.54) is 4.88 Å². The maximum Gasteiger partial charge on any atom is 0.191 e. The molecule has 2 heterocycles. The molecule has 0 aromatic carbocycles. The first-order valence-electron chi connectivity index (χ1n) is 9.35. The van der Waals surface area contributed by atoms with Crippen LogP contribution in [-0.4, -0.2) is 61.3 Å². The molecule has 1 aromatic heterocycles. The summed E-state index contributed by atoms with van der Waals surface area (Å²) in [4.78, 5) is 12.6. The number of thiazole rings is 1. The standard InChI is InChI=1S/C18H33N5OS/c1-5-16-12-20-17(25-16)13-21-18(19-4)22-15-6-8-23(9-7-15)10-11-24-14(2)3/h12,14-15H,5-11,13H2,1-4H3,(H2,19,21,22). The number of guanidine groups is 1. The van der Waals surface area contributed by atoms with Crippen molar-refractivity contribution in [1.29, 1.82) is 0 Å². The van der Waals surface area contributed by atoms with E-state index in [1.807, 2.05) is 13.2 Å². The molecule has 1 aromatic rings. The molecular formula is C18H33N5OS. The average molecular weight is 368 g/mol. The lowest BCUT2D eigenvalue weighted by Gasteiger charge is -2.33. The number of rotatable bonds is 8. The number of hydrogen-bond donors (Lipinski definition) is 2. The van der Waals surface area contributed by atoms with E-state index in [0.717, 1.165) is 63.0 Å². The predicted molar refractivity (Wildman–Crippen MR) is 105 cm³/mol. The summed E-state index contributed by atoms with van der Waals surface area (Å²) in [5.74, 6) is 0.870. The van der Waals surface area contributed by atoms with Crippen LogP contribution >= 0.6 is 11.3 Å². The van der Waals surface area contributed by atoms with Crippen LogP contribution in [0.1, 0.15) is 43.5 Å². The van der Waals surface area contributed by atoms with Gasteiger partial charge in [-0.25, -0.2) is 4.98 Å². The summed E-state index contributed by atoms with van der Waals surface area (Å²) in [5.41, 5.74) is 0. The molecule has 6 nitrogen and oxygen atoms in total. The van der Waals surface area contributed by atoms with Gasteiger partial charge in [0, 0.05) is 43.8 Å². The molecule has 0 atom stereocenters. The minimum Gasteiger partial charge on any atom is -0.377 e. The molecule has 0 bridgehead atoms. The highest BCUT2D eigenvalue weighted by Crippen LogP contribution is 2.13. The van der Waals surface area contributed by atoms with Crippen molar-refractivity contribution in [3.05, 3.63) is 16.1 Å². The van der Waals surface area contributed by atoms with Gasteiger partial charge < -0.3 is 20.3 Å². The first kappa shape index (κ1) is 20.1. The van der Waals surface area contributed by atoms with Crippen LogP contribution in [0.2, 0.25) is 0 Å². The fourth-order valence-corrected chi connectivity index (χ4v) is 3.66. The van der Waals surface area contributed by atoms with Crippen molar-refractivity contribution in [3.63, 3.8) is 0 Å². The van der Waals surface area contributed by atoms with Crippen LogP contribution in [0.4, 0.5) is 0 Å². The van der Waals surface area contributed by atoms with Gasteiger partial charge in [-0.1, -0.05) is 6.92 Å². The molecule has 25 heavy (non-hydrogen) atoms. The van der Waals surface area contributed by atoms with Gasteiger partial charge >= 0.3 is 0 Å². The van der Waals surface area contributed by atoms with E-state index in [4.69, 9.17) is 4.74 Å². The van der Waals surface area contributed by atoms with Crippen LogP contribution in [0.25, 0.3) is 0 Å². The van der Waals surface area contributed by atoms with Gasteiger partial charge in [-0.2, -0.15) is 0 Å². The lowest BCUT2D eigenvalue weighted by atomic mass is 10.1. The molecule has 2 N–H and O–H groups in total. The Balaban J connectivity index is 1.66. The molecule has 142 valence electrons. The zero-order valence-corrected chi connectivity index (χ0v) is 16.9. The van der Waals surface area contributed by atoms with Gasteiger partial charge in [-0.05, 0) is 33.1 Å². The fraction of sp³-hybridized carbons (Fsp3) is 0.778. The number of piperidine rings is 1. The van der Waals surface area contributed by atoms with Gasteiger partial charge in [-0.15, -0.1) is 11.3 Å². The van der Waals surface area contributed by atoms with E-state index in [-0.39, 0.29) is 0 Å². The summed E-state index contributed by atoms with van der Waals surface area (Å²) >= 11 is 1.77. The summed E-state index contributed by atoms with van der Waals surface area (Å²) in [6.45, 7) is 11.1. The van der Waals surface area contributed by atoms with Gasteiger partial charge in [0.05, 0.1) is 19.3 Å². The van der Waals surface area contributed by atoms with Gasteiger partial charge in [0.25, 0.3) is 0 Å². The Labute approximate surface area is 156 Å². The van der Waals surface area contributed by atoms with Crippen molar-refractivity contribution >= 4 is 17.3 Å². The smallest absolute Gasteiger partial charge is 0.191 e. The summed E-state index contributed by atoms with van der Waals surface area (Å²) in [7, 11) is 1.83. The molecule has 0 radical (unpaired) electrons. The molecule has 0 saturated carbocycles. The third-order valence-corrected chi connectivity index (χ3v) is 5.51. The summed E-state index contributed by atoms with van der Waals surface area (Å²) in [6.07, 6.45) is 5.61. The van der Waals surface area contributed by atoms with Crippen LogP contribution in [0, 0.1) is 0 Å². The monoisotopic (exact) mass is 367 g/mol. The molecule has 0 spiro atoms. The number of hydrogen-bond acceptors (Lipinski definition) is 5. The van der Waals surface area contributed by atoms with Crippen molar-refractivity contribution in [3.8, 4) is 0 Å². The Morgan fingerprint density at radius 2 is 2.20 bits per heavy atom. The second-order valence-corrected chi connectivity index (χ2v) is 7.88. The first-order chi connectivity index (χ1) is 12.1. The van der Waals surface area contributed by atoms with Crippen molar-refractivity contribution in [2.24, 2.45) is 4.99 Å². The van der Waals surface area contributed by atoms with Crippen LogP contribution in [-0.2, 0) is 17.7 Å². The minimum absolute atomic E-state index is 0.319. The molecule has 1 aliphatic heterocycles. The largest absolute Gasteiger partial charge is 0.377 e. The quantitative estimate of drug-likeness (QED) is 0.545. The third-order valence-electron chi connectivity index (χ3n) is 4.37. The highest BCUT2D eigenvalue weighted by molar-refractivity contribution is 7.11. The molecule has 1 fully saturated rings. The van der Waals surface area contributed by atoms with Crippen LogP contribution in [0.3, 0.4) is 0 Å². The van der Waals surface area contributed by atoms with Gasteiger partial charge in [-0.3, -0.25) is 4.99 Å².